The van der Waals surface area contributed by atoms with Crippen LogP contribution < -0.4 is 5.73 Å². The van der Waals surface area contributed by atoms with Crippen LogP contribution in [0, 0.1) is 5.82 Å². The number of benzene rings is 1. The molecule has 2 nitrogen and oxygen atoms in total. The SMILES string of the molecule is CN(CCN)Cc1cc2cc(F)ccc2s1. The lowest BCUT2D eigenvalue weighted by molar-refractivity contribution is 0.339. The number of hydrogen-bond acceptors (Lipinski definition) is 3. The molecule has 1 heterocycles. The smallest absolute Gasteiger partial charge is 0.123 e. The van der Waals surface area contributed by atoms with Crippen molar-refractivity contribution in [3.8, 4) is 0 Å². The van der Waals surface area contributed by atoms with Gasteiger partial charge in [-0.2, -0.15) is 0 Å². The van der Waals surface area contributed by atoms with Gasteiger partial charge < -0.3 is 10.6 Å². The Balaban J connectivity index is 2.19. The van der Waals surface area contributed by atoms with E-state index in [1.54, 1.807) is 17.4 Å². The lowest BCUT2D eigenvalue weighted by Gasteiger charge is -2.13. The number of hydrogen-bond donors (Lipinski definition) is 1. The summed E-state index contributed by atoms with van der Waals surface area (Å²) in [7, 11) is 2.04. The van der Waals surface area contributed by atoms with Crippen molar-refractivity contribution >= 4 is 21.4 Å². The molecule has 2 rings (SSSR count). The Kier molecular flexibility index (Phi) is 3.53. The molecule has 0 saturated heterocycles. The summed E-state index contributed by atoms with van der Waals surface area (Å²) in [6.45, 7) is 2.41. The van der Waals surface area contributed by atoms with Crippen molar-refractivity contribution in [3.05, 3.63) is 35.0 Å². The standard InChI is InChI=1S/C12H15FN2S/c1-15(5-4-14)8-11-7-9-6-10(13)2-3-12(9)16-11/h2-3,6-7H,4-5,8,14H2,1H3. The summed E-state index contributed by atoms with van der Waals surface area (Å²) in [5.41, 5.74) is 5.49. The second-order valence-electron chi connectivity index (χ2n) is 3.92. The van der Waals surface area contributed by atoms with Crippen molar-refractivity contribution < 1.29 is 4.39 Å². The third kappa shape index (κ3) is 2.58. The quantitative estimate of drug-likeness (QED) is 0.886. The maximum atomic E-state index is 13.0. The molecule has 16 heavy (non-hydrogen) atoms. The topological polar surface area (TPSA) is 29.3 Å². The Morgan fingerprint density at radius 3 is 2.94 bits per heavy atom. The average molecular weight is 238 g/mol. The number of nitrogens with two attached hydrogens (primary N) is 1. The predicted octanol–water partition coefficient (Wildman–Crippen LogP) is 2.43. The van der Waals surface area contributed by atoms with Gasteiger partial charge in [-0.15, -0.1) is 11.3 Å². The van der Waals surface area contributed by atoms with Crippen molar-refractivity contribution in [1.82, 2.24) is 4.90 Å². The molecule has 1 aromatic heterocycles. The van der Waals surface area contributed by atoms with Crippen LogP contribution in [-0.4, -0.2) is 25.0 Å². The highest BCUT2D eigenvalue weighted by Crippen LogP contribution is 2.26. The second kappa shape index (κ2) is 4.91. The Labute approximate surface area is 98.5 Å². The minimum Gasteiger partial charge on any atom is -0.329 e. The van der Waals surface area contributed by atoms with E-state index in [9.17, 15) is 4.39 Å². The van der Waals surface area contributed by atoms with E-state index in [0.29, 0.717) is 6.54 Å². The summed E-state index contributed by atoms with van der Waals surface area (Å²) >= 11 is 1.71. The molecular weight excluding hydrogens is 223 g/mol. The third-order valence-electron chi connectivity index (χ3n) is 2.47. The molecule has 0 atom stereocenters. The zero-order chi connectivity index (χ0) is 11.5. The summed E-state index contributed by atoms with van der Waals surface area (Å²) in [6.07, 6.45) is 0. The van der Waals surface area contributed by atoms with Crippen LogP contribution >= 0.6 is 11.3 Å². The largest absolute Gasteiger partial charge is 0.329 e. The minimum absolute atomic E-state index is 0.174. The summed E-state index contributed by atoms with van der Waals surface area (Å²) in [4.78, 5) is 3.41. The molecule has 0 bridgehead atoms. The predicted molar refractivity (Wildman–Crippen MR) is 67.2 cm³/mol. The summed E-state index contributed by atoms with van der Waals surface area (Å²) in [5.74, 6) is -0.174. The van der Waals surface area contributed by atoms with Gasteiger partial charge in [0.05, 0.1) is 0 Å². The molecule has 0 radical (unpaired) electrons. The van der Waals surface area contributed by atoms with Crippen LogP contribution in [0.1, 0.15) is 4.88 Å². The van der Waals surface area contributed by atoms with Crippen LogP contribution in [-0.2, 0) is 6.54 Å². The highest BCUT2D eigenvalue weighted by atomic mass is 32.1. The van der Waals surface area contributed by atoms with Gasteiger partial charge in [-0.05, 0) is 36.7 Å². The number of halogens is 1. The van der Waals surface area contributed by atoms with Crippen LogP contribution in [0.15, 0.2) is 24.3 Å². The maximum absolute atomic E-state index is 13.0. The normalized spacial score (nSPS) is 11.5. The number of thiophene rings is 1. The van der Waals surface area contributed by atoms with Crippen LogP contribution in [0.5, 0.6) is 0 Å². The molecule has 2 aromatic rings. The van der Waals surface area contributed by atoms with E-state index in [1.165, 1.54) is 10.9 Å². The first kappa shape index (κ1) is 11.5. The molecule has 0 saturated carbocycles. The third-order valence-corrected chi connectivity index (χ3v) is 3.57. The Bertz CT molecular complexity index is 481. The van der Waals surface area contributed by atoms with Gasteiger partial charge in [-0.1, -0.05) is 0 Å². The van der Waals surface area contributed by atoms with E-state index in [-0.39, 0.29) is 5.82 Å². The lowest BCUT2D eigenvalue weighted by atomic mass is 10.2. The number of fused-ring (bicyclic) bond motifs is 1. The molecule has 0 aliphatic carbocycles. The fourth-order valence-corrected chi connectivity index (χ4v) is 2.84. The maximum Gasteiger partial charge on any atom is 0.123 e. The van der Waals surface area contributed by atoms with Crippen molar-refractivity contribution in [1.29, 1.82) is 0 Å². The monoisotopic (exact) mass is 238 g/mol. The summed E-state index contributed by atoms with van der Waals surface area (Å²) in [6, 6.07) is 6.97. The first-order valence-electron chi connectivity index (χ1n) is 5.25. The Morgan fingerprint density at radius 2 is 2.19 bits per heavy atom. The van der Waals surface area contributed by atoms with Crippen LogP contribution in [0.25, 0.3) is 10.1 Å². The fraction of sp³-hybridized carbons (Fsp3) is 0.333. The first-order chi connectivity index (χ1) is 7.69. The van der Waals surface area contributed by atoms with Gasteiger partial charge in [0.1, 0.15) is 5.82 Å². The molecular formula is C12H15FN2S. The van der Waals surface area contributed by atoms with Gasteiger partial charge in [-0.3, -0.25) is 0 Å². The zero-order valence-electron chi connectivity index (χ0n) is 9.24. The van der Waals surface area contributed by atoms with E-state index < -0.39 is 0 Å². The van der Waals surface area contributed by atoms with E-state index >= 15 is 0 Å². The molecule has 86 valence electrons. The van der Waals surface area contributed by atoms with Gasteiger partial charge in [0, 0.05) is 29.2 Å². The molecule has 0 amide bonds. The van der Waals surface area contributed by atoms with Gasteiger partial charge in [-0.25, -0.2) is 4.39 Å². The van der Waals surface area contributed by atoms with Crippen LogP contribution in [0.4, 0.5) is 4.39 Å². The van der Waals surface area contributed by atoms with Crippen molar-refractivity contribution in [3.63, 3.8) is 0 Å². The molecule has 2 N–H and O–H groups in total. The average Bonchev–Trinajstić information content (AvgIpc) is 2.59. The molecule has 0 spiro atoms. The molecule has 4 heteroatoms. The van der Waals surface area contributed by atoms with Crippen LogP contribution in [0.3, 0.4) is 0 Å². The van der Waals surface area contributed by atoms with Crippen molar-refractivity contribution in [2.45, 2.75) is 6.54 Å². The molecule has 0 fully saturated rings. The number of nitrogens with zero attached hydrogens (tertiary/aromatic N) is 1. The second-order valence-corrected chi connectivity index (χ2v) is 5.09. The molecule has 1 aromatic carbocycles. The Hall–Kier alpha value is -0.970. The minimum atomic E-state index is -0.174. The summed E-state index contributed by atoms with van der Waals surface area (Å²) < 4.78 is 14.1. The summed E-state index contributed by atoms with van der Waals surface area (Å²) in [5, 5.41) is 0.987. The highest BCUT2D eigenvalue weighted by molar-refractivity contribution is 7.19. The van der Waals surface area contributed by atoms with Crippen molar-refractivity contribution in [2.75, 3.05) is 20.1 Å². The van der Waals surface area contributed by atoms with E-state index in [4.69, 9.17) is 5.73 Å². The van der Waals surface area contributed by atoms with Gasteiger partial charge >= 0.3 is 0 Å². The van der Waals surface area contributed by atoms with Gasteiger partial charge in [0.15, 0.2) is 0 Å². The molecule has 0 unspecified atom stereocenters. The number of likely N-dealkylation sites (N-methyl/N-ethyl adjacent to an activating group) is 1. The lowest BCUT2D eigenvalue weighted by Crippen LogP contribution is -2.24. The number of rotatable bonds is 4. The molecule has 0 aliphatic rings. The first-order valence-corrected chi connectivity index (χ1v) is 6.07. The van der Waals surface area contributed by atoms with E-state index in [1.807, 2.05) is 13.1 Å². The molecule has 0 aliphatic heterocycles. The highest BCUT2D eigenvalue weighted by Gasteiger charge is 2.05. The Morgan fingerprint density at radius 1 is 1.38 bits per heavy atom. The van der Waals surface area contributed by atoms with E-state index in [2.05, 4.69) is 11.0 Å². The van der Waals surface area contributed by atoms with Crippen LogP contribution in [0.2, 0.25) is 0 Å². The fourth-order valence-electron chi connectivity index (χ4n) is 1.71. The van der Waals surface area contributed by atoms with Gasteiger partial charge in [0.25, 0.3) is 0 Å². The van der Waals surface area contributed by atoms with Crippen molar-refractivity contribution in [2.24, 2.45) is 5.73 Å². The van der Waals surface area contributed by atoms with Gasteiger partial charge in [0.2, 0.25) is 0 Å². The zero-order valence-corrected chi connectivity index (χ0v) is 10.1. The van der Waals surface area contributed by atoms with E-state index in [0.717, 1.165) is 23.2 Å².